The summed E-state index contributed by atoms with van der Waals surface area (Å²) < 4.78 is 37.2. The molecule has 0 bridgehead atoms. The molecule has 2 N–H and O–H groups in total. The molecule has 2 aromatic rings. The molecule has 0 fully saturated rings. The molecule has 0 aliphatic carbocycles. The topological polar surface area (TPSA) is 75.6 Å². The van der Waals surface area contributed by atoms with Crippen molar-refractivity contribution < 1.29 is 13.2 Å². The Morgan fingerprint density at radius 1 is 1.20 bits per heavy atom. The predicted molar refractivity (Wildman–Crippen MR) is 65.1 cm³/mol. The van der Waals surface area contributed by atoms with Gasteiger partial charge < -0.3 is 5.73 Å². The molecule has 0 aromatic carbocycles. The summed E-state index contributed by atoms with van der Waals surface area (Å²) in [4.78, 5) is 7.38. The Morgan fingerprint density at radius 2 is 1.95 bits per heavy atom. The molecule has 0 atom stereocenters. The number of alkyl halides is 3. The van der Waals surface area contributed by atoms with Crippen LogP contribution in [0.4, 0.5) is 13.2 Å². The lowest BCUT2D eigenvalue weighted by atomic mass is 10.1. The summed E-state index contributed by atoms with van der Waals surface area (Å²) in [5.74, 6) is 0. The molecule has 0 saturated heterocycles. The first-order chi connectivity index (χ1) is 9.45. The Kier molecular flexibility index (Phi) is 3.68. The van der Waals surface area contributed by atoms with Crippen LogP contribution in [0.15, 0.2) is 30.6 Å². The van der Waals surface area contributed by atoms with Crippen LogP contribution in [0.3, 0.4) is 0 Å². The van der Waals surface area contributed by atoms with Gasteiger partial charge in [0.05, 0.1) is 11.3 Å². The number of hydrogen-bond acceptors (Lipinski definition) is 4. The quantitative estimate of drug-likeness (QED) is 0.915. The van der Waals surface area contributed by atoms with Gasteiger partial charge in [-0.15, -0.1) is 0 Å². The van der Waals surface area contributed by atoms with Crippen molar-refractivity contribution >= 4 is 0 Å². The molecule has 0 unspecified atom stereocenters. The SMILES string of the molecule is N#Cc1cnc(-c2ccc(C(F)(F)F)nc2)cc1CN. The van der Waals surface area contributed by atoms with Gasteiger partial charge in [-0.05, 0) is 23.8 Å². The fourth-order valence-electron chi connectivity index (χ4n) is 1.64. The van der Waals surface area contributed by atoms with Gasteiger partial charge in [0.2, 0.25) is 0 Å². The zero-order valence-corrected chi connectivity index (χ0v) is 10.1. The van der Waals surface area contributed by atoms with E-state index in [0.29, 0.717) is 22.4 Å². The first-order valence-corrected chi connectivity index (χ1v) is 5.58. The van der Waals surface area contributed by atoms with E-state index in [1.165, 1.54) is 12.3 Å². The van der Waals surface area contributed by atoms with Gasteiger partial charge in [0, 0.05) is 24.5 Å². The number of nitrogens with zero attached hydrogens (tertiary/aromatic N) is 3. The van der Waals surface area contributed by atoms with E-state index in [-0.39, 0.29) is 6.54 Å². The van der Waals surface area contributed by atoms with Crippen LogP contribution in [0, 0.1) is 11.3 Å². The van der Waals surface area contributed by atoms with Crippen LogP contribution in [0.25, 0.3) is 11.3 Å². The van der Waals surface area contributed by atoms with E-state index in [1.807, 2.05) is 6.07 Å². The molecule has 4 nitrogen and oxygen atoms in total. The maximum absolute atomic E-state index is 12.4. The fourth-order valence-corrected chi connectivity index (χ4v) is 1.64. The second-order valence-electron chi connectivity index (χ2n) is 3.97. The van der Waals surface area contributed by atoms with Crippen LogP contribution < -0.4 is 5.73 Å². The number of nitriles is 1. The zero-order chi connectivity index (χ0) is 14.8. The van der Waals surface area contributed by atoms with Gasteiger partial charge >= 0.3 is 6.18 Å². The maximum atomic E-state index is 12.4. The largest absolute Gasteiger partial charge is 0.433 e. The Morgan fingerprint density at radius 3 is 2.45 bits per heavy atom. The molecule has 0 amide bonds. The molecule has 102 valence electrons. The standard InChI is InChI=1S/C13H9F3N4/c14-13(15,16)12-2-1-8(6-20-12)11-3-9(4-17)10(5-18)7-19-11/h1-3,6-7H,4,17H2. The summed E-state index contributed by atoms with van der Waals surface area (Å²) >= 11 is 0. The van der Waals surface area contributed by atoms with E-state index < -0.39 is 11.9 Å². The second-order valence-corrected chi connectivity index (χ2v) is 3.97. The number of rotatable bonds is 2. The van der Waals surface area contributed by atoms with Crippen LogP contribution in [0.5, 0.6) is 0 Å². The zero-order valence-electron chi connectivity index (χ0n) is 10.1. The van der Waals surface area contributed by atoms with Crippen molar-refractivity contribution in [2.75, 3.05) is 0 Å². The molecule has 0 aliphatic heterocycles. The molecule has 0 aliphatic rings. The average molecular weight is 278 g/mol. The molecule has 0 radical (unpaired) electrons. The second kappa shape index (κ2) is 5.27. The number of hydrogen-bond donors (Lipinski definition) is 1. The Hall–Kier alpha value is -2.46. The smallest absolute Gasteiger partial charge is 0.326 e. The highest BCUT2D eigenvalue weighted by atomic mass is 19.4. The summed E-state index contributed by atoms with van der Waals surface area (Å²) in [6, 6.07) is 5.69. The third kappa shape index (κ3) is 2.75. The van der Waals surface area contributed by atoms with Gasteiger partial charge in [0.25, 0.3) is 0 Å². The Labute approximate surface area is 112 Å². The molecule has 2 heterocycles. The van der Waals surface area contributed by atoms with Crippen molar-refractivity contribution in [1.82, 2.24) is 9.97 Å². The summed E-state index contributed by atoms with van der Waals surface area (Å²) in [7, 11) is 0. The lowest BCUT2D eigenvalue weighted by molar-refractivity contribution is -0.141. The highest BCUT2D eigenvalue weighted by Gasteiger charge is 2.32. The van der Waals surface area contributed by atoms with E-state index in [1.54, 1.807) is 6.07 Å². The highest BCUT2D eigenvalue weighted by Crippen LogP contribution is 2.28. The van der Waals surface area contributed by atoms with Gasteiger partial charge in [-0.25, -0.2) is 0 Å². The highest BCUT2D eigenvalue weighted by molar-refractivity contribution is 5.60. The van der Waals surface area contributed by atoms with Gasteiger partial charge in [-0.1, -0.05) is 0 Å². The molecule has 7 heteroatoms. The van der Waals surface area contributed by atoms with Crippen molar-refractivity contribution in [1.29, 1.82) is 5.26 Å². The minimum atomic E-state index is -4.47. The molecular formula is C13H9F3N4. The van der Waals surface area contributed by atoms with E-state index in [0.717, 1.165) is 12.3 Å². The number of aromatic nitrogens is 2. The van der Waals surface area contributed by atoms with Crippen LogP contribution in [0.2, 0.25) is 0 Å². The summed E-state index contributed by atoms with van der Waals surface area (Å²) in [5.41, 5.74) is 6.32. The predicted octanol–water partition coefficient (Wildman–Crippen LogP) is 2.49. The summed E-state index contributed by atoms with van der Waals surface area (Å²) in [6.45, 7) is 0.145. The Bertz CT molecular complexity index is 657. The van der Waals surface area contributed by atoms with Crippen molar-refractivity contribution in [2.24, 2.45) is 5.73 Å². The van der Waals surface area contributed by atoms with E-state index in [9.17, 15) is 13.2 Å². The van der Waals surface area contributed by atoms with E-state index >= 15 is 0 Å². The number of halogens is 3. The van der Waals surface area contributed by atoms with Crippen LogP contribution in [-0.4, -0.2) is 9.97 Å². The lowest BCUT2D eigenvalue weighted by Crippen LogP contribution is -2.07. The van der Waals surface area contributed by atoms with Crippen molar-refractivity contribution in [3.63, 3.8) is 0 Å². The van der Waals surface area contributed by atoms with Gasteiger partial charge in [-0.3, -0.25) is 9.97 Å². The summed E-state index contributed by atoms with van der Waals surface area (Å²) in [6.07, 6.45) is -2.04. The average Bonchev–Trinajstić information content (AvgIpc) is 2.45. The molecule has 0 saturated carbocycles. The number of pyridine rings is 2. The van der Waals surface area contributed by atoms with E-state index in [2.05, 4.69) is 9.97 Å². The summed E-state index contributed by atoms with van der Waals surface area (Å²) in [5, 5.41) is 8.85. The fraction of sp³-hybridized carbons (Fsp3) is 0.154. The van der Waals surface area contributed by atoms with Gasteiger partial charge in [0.15, 0.2) is 0 Å². The normalized spacial score (nSPS) is 11.2. The lowest BCUT2D eigenvalue weighted by Gasteiger charge is -2.07. The minimum absolute atomic E-state index is 0.145. The van der Waals surface area contributed by atoms with Gasteiger partial charge in [0.1, 0.15) is 11.8 Å². The third-order valence-electron chi connectivity index (χ3n) is 2.68. The van der Waals surface area contributed by atoms with Crippen LogP contribution in [-0.2, 0) is 12.7 Å². The molecule has 2 aromatic heterocycles. The molecule has 20 heavy (non-hydrogen) atoms. The van der Waals surface area contributed by atoms with Crippen molar-refractivity contribution in [3.05, 3.63) is 47.4 Å². The monoisotopic (exact) mass is 278 g/mol. The van der Waals surface area contributed by atoms with E-state index in [4.69, 9.17) is 11.0 Å². The molecular weight excluding hydrogens is 269 g/mol. The molecule has 0 spiro atoms. The van der Waals surface area contributed by atoms with Gasteiger partial charge in [-0.2, -0.15) is 18.4 Å². The number of nitrogens with two attached hydrogens (primary N) is 1. The first kappa shape index (κ1) is 14.0. The van der Waals surface area contributed by atoms with Crippen molar-refractivity contribution in [2.45, 2.75) is 12.7 Å². The van der Waals surface area contributed by atoms with Crippen molar-refractivity contribution in [3.8, 4) is 17.3 Å². The Balaban J connectivity index is 2.40. The minimum Gasteiger partial charge on any atom is -0.326 e. The maximum Gasteiger partial charge on any atom is 0.433 e. The third-order valence-corrected chi connectivity index (χ3v) is 2.68. The van der Waals surface area contributed by atoms with Crippen LogP contribution in [0.1, 0.15) is 16.8 Å². The molecule has 2 rings (SSSR count). The van der Waals surface area contributed by atoms with Crippen LogP contribution >= 0.6 is 0 Å². The first-order valence-electron chi connectivity index (χ1n) is 5.58.